The lowest BCUT2D eigenvalue weighted by Crippen LogP contribution is -2.25. The van der Waals surface area contributed by atoms with E-state index < -0.39 is 12.0 Å². The van der Waals surface area contributed by atoms with Gasteiger partial charge in [0.2, 0.25) is 0 Å². The van der Waals surface area contributed by atoms with Crippen molar-refractivity contribution in [2.75, 3.05) is 6.61 Å². The summed E-state index contributed by atoms with van der Waals surface area (Å²) in [7, 11) is 0. The number of nitrogens with one attached hydrogen (secondary N) is 1. The molecule has 1 atom stereocenters. The number of ether oxygens (including phenoxy) is 1. The molecule has 1 amide bonds. The van der Waals surface area contributed by atoms with Crippen molar-refractivity contribution < 1.29 is 19.7 Å². The lowest BCUT2D eigenvalue weighted by Gasteiger charge is -2.09. The van der Waals surface area contributed by atoms with Gasteiger partial charge in [0.05, 0.1) is 12.8 Å². The van der Waals surface area contributed by atoms with Crippen LogP contribution in [-0.2, 0) is 4.79 Å². The number of rotatable bonds is 6. The molecule has 6 nitrogen and oxygen atoms in total. The standard InChI is InChI=1S/C17H18N2O4/c1-2-23-14-10-6-9-13(15(14)20)11-18-19-17(22)16(21)12-7-4-3-5-8-12/h3-11,16,20-21H,2H2,1H3,(H,19,22)/b18-11+/t16-/m0/s1. The molecular formula is C17H18N2O4. The number of nitrogens with zero attached hydrogens (tertiary/aromatic N) is 1. The number of aromatic hydroxyl groups is 1. The Bertz CT molecular complexity index is 686. The molecule has 0 saturated heterocycles. The molecule has 0 aliphatic rings. The number of carbonyl (C=O) groups excluding carboxylic acids is 1. The largest absolute Gasteiger partial charge is 0.504 e. The quantitative estimate of drug-likeness (QED) is 0.561. The van der Waals surface area contributed by atoms with E-state index in [9.17, 15) is 15.0 Å². The number of phenols is 1. The average molecular weight is 314 g/mol. The highest BCUT2D eigenvalue weighted by Crippen LogP contribution is 2.28. The molecule has 0 spiro atoms. The Labute approximate surface area is 134 Å². The maximum absolute atomic E-state index is 11.8. The van der Waals surface area contributed by atoms with Crippen LogP contribution in [0.1, 0.15) is 24.2 Å². The van der Waals surface area contributed by atoms with Crippen LogP contribution in [0.4, 0.5) is 0 Å². The Balaban J connectivity index is 2.02. The summed E-state index contributed by atoms with van der Waals surface area (Å²) in [6, 6.07) is 13.5. The number of hydrogen-bond donors (Lipinski definition) is 3. The van der Waals surface area contributed by atoms with Crippen LogP contribution in [0.25, 0.3) is 0 Å². The summed E-state index contributed by atoms with van der Waals surface area (Å²) in [6.07, 6.45) is -0.0234. The first-order valence-corrected chi connectivity index (χ1v) is 7.14. The van der Waals surface area contributed by atoms with Gasteiger partial charge in [-0.1, -0.05) is 36.4 Å². The van der Waals surface area contributed by atoms with Gasteiger partial charge in [-0.05, 0) is 24.6 Å². The minimum Gasteiger partial charge on any atom is -0.504 e. The van der Waals surface area contributed by atoms with E-state index in [1.54, 1.807) is 48.5 Å². The molecule has 0 radical (unpaired) electrons. The van der Waals surface area contributed by atoms with Crippen molar-refractivity contribution in [2.45, 2.75) is 13.0 Å². The van der Waals surface area contributed by atoms with Gasteiger partial charge in [0, 0.05) is 5.56 Å². The van der Waals surface area contributed by atoms with Gasteiger partial charge < -0.3 is 14.9 Å². The van der Waals surface area contributed by atoms with Crippen molar-refractivity contribution in [1.29, 1.82) is 0 Å². The molecule has 0 aliphatic heterocycles. The lowest BCUT2D eigenvalue weighted by molar-refractivity contribution is -0.129. The zero-order chi connectivity index (χ0) is 16.7. The van der Waals surface area contributed by atoms with Crippen molar-refractivity contribution >= 4 is 12.1 Å². The fraction of sp³-hybridized carbons (Fsp3) is 0.176. The fourth-order valence-electron chi connectivity index (χ4n) is 1.93. The number of amides is 1. The predicted octanol–water partition coefficient (Wildman–Crippen LogP) is 1.97. The third kappa shape index (κ3) is 4.31. The van der Waals surface area contributed by atoms with Gasteiger partial charge in [0.1, 0.15) is 0 Å². The molecule has 23 heavy (non-hydrogen) atoms. The summed E-state index contributed by atoms with van der Waals surface area (Å²) in [4.78, 5) is 11.8. The van der Waals surface area contributed by atoms with Crippen molar-refractivity contribution in [3.8, 4) is 11.5 Å². The van der Waals surface area contributed by atoms with Crippen molar-refractivity contribution in [3.63, 3.8) is 0 Å². The zero-order valence-electron chi connectivity index (χ0n) is 12.6. The second-order valence-electron chi connectivity index (χ2n) is 4.67. The Kier molecular flexibility index (Phi) is 5.71. The number of phenolic OH excluding ortho intramolecular Hbond substituents is 1. The van der Waals surface area contributed by atoms with Gasteiger partial charge in [-0.25, -0.2) is 5.43 Å². The molecule has 2 rings (SSSR count). The van der Waals surface area contributed by atoms with Gasteiger partial charge in [-0.2, -0.15) is 5.10 Å². The summed E-state index contributed by atoms with van der Waals surface area (Å²) in [6.45, 7) is 2.24. The smallest absolute Gasteiger partial charge is 0.273 e. The van der Waals surface area contributed by atoms with E-state index >= 15 is 0 Å². The number of para-hydroxylation sites is 1. The molecule has 0 bridgehead atoms. The molecule has 0 fully saturated rings. The third-order valence-corrected chi connectivity index (χ3v) is 3.07. The van der Waals surface area contributed by atoms with Crippen LogP contribution < -0.4 is 10.2 Å². The van der Waals surface area contributed by atoms with Gasteiger partial charge in [-0.15, -0.1) is 0 Å². The van der Waals surface area contributed by atoms with E-state index in [4.69, 9.17) is 4.74 Å². The third-order valence-electron chi connectivity index (χ3n) is 3.07. The SMILES string of the molecule is CCOc1cccc(/C=N/NC(=O)[C@@H](O)c2ccccc2)c1O. The predicted molar refractivity (Wildman–Crippen MR) is 86.4 cm³/mol. The highest BCUT2D eigenvalue weighted by atomic mass is 16.5. The van der Waals surface area contributed by atoms with E-state index in [0.717, 1.165) is 0 Å². The molecule has 0 saturated carbocycles. The van der Waals surface area contributed by atoms with Gasteiger partial charge in [0.15, 0.2) is 17.6 Å². The maximum atomic E-state index is 11.8. The van der Waals surface area contributed by atoms with Crippen molar-refractivity contribution in [1.82, 2.24) is 5.43 Å². The van der Waals surface area contributed by atoms with Crippen LogP contribution in [0, 0.1) is 0 Å². The molecule has 6 heteroatoms. The molecular weight excluding hydrogens is 296 g/mol. The Morgan fingerprint density at radius 2 is 2.00 bits per heavy atom. The van der Waals surface area contributed by atoms with Gasteiger partial charge in [-0.3, -0.25) is 4.79 Å². The number of hydrazone groups is 1. The van der Waals surface area contributed by atoms with Crippen LogP contribution in [0.5, 0.6) is 11.5 Å². The second-order valence-corrected chi connectivity index (χ2v) is 4.67. The molecule has 120 valence electrons. The van der Waals surface area contributed by atoms with E-state index in [0.29, 0.717) is 23.5 Å². The Hall–Kier alpha value is -2.86. The summed E-state index contributed by atoms with van der Waals surface area (Å²) >= 11 is 0. The number of aliphatic hydroxyl groups excluding tert-OH is 1. The van der Waals surface area contributed by atoms with E-state index in [2.05, 4.69) is 10.5 Å². The topological polar surface area (TPSA) is 91.2 Å². The normalized spacial score (nSPS) is 12.1. The Morgan fingerprint density at radius 3 is 2.70 bits per heavy atom. The van der Waals surface area contributed by atoms with Gasteiger partial charge in [0.25, 0.3) is 5.91 Å². The second kappa shape index (κ2) is 7.95. The Morgan fingerprint density at radius 1 is 1.26 bits per heavy atom. The molecule has 0 aromatic heterocycles. The molecule has 0 aliphatic carbocycles. The highest BCUT2D eigenvalue weighted by molar-refractivity contribution is 5.87. The van der Waals surface area contributed by atoms with Crippen LogP contribution in [-0.4, -0.2) is 28.9 Å². The minimum absolute atomic E-state index is 0.0593. The molecule has 0 unspecified atom stereocenters. The van der Waals surface area contributed by atoms with Crippen LogP contribution in [0.15, 0.2) is 53.6 Å². The number of benzene rings is 2. The van der Waals surface area contributed by atoms with Crippen LogP contribution in [0.2, 0.25) is 0 Å². The van der Waals surface area contributed by atoms with Crippen molar-refractivity contribution in [3.05, 3.63) is 59.7 Å². The average Bonchev–Trinajstić information content (AvgIpc) is 2.58. The number of carbonyl (C=O) groups is 1. The minimum atomic E-state index is -1.31. The first-order chi connectivity index (χ1) is 11.1. The number of hydrogen-bond acceptors (Lipinski definition) is 5. The van der Waals surface area contributed by atoms with Gasteiger partial charge >= 0.3 is 0 Å². The maximum Gasteiger partial charge on any atom is 0.273 e. The first-order valence-electron chi connectivity index (χ1n) is 7.14. The zero-order valence-corrected chi connectivity index (χ0v) is 12.6. The lowest BCUT2D eigenvalue weighted by atomic mass is 10.1. The molecule has 2 aromatic carbocycles. The van der Waals surface area contributed by atoms with Crippen LogP contribution in [0.3, 0.4) is 0 Å². The fourth-order valence-corrected chi connectivity index (χ4v) is 1.93. The first kappa shape index (κ1) is 16.5. The molecule has 2 aromatic rings. The number of aliphatic hydroxyl groups is 1. The summed E-state index contributed by atoms with van der Waals surface area (Å²) in [5.74, 6) is -0.379. The van der Waals surface area contributed by atoms with Crippen molar-refractivity contribution in [2.24, 2.45) is 5.10 Å². The summed E-state index contributed by atoms with van der Waals surface area (Å²) < 4.78 is 5.26. The molecule has 3 N–H and O–H groups in total. The van der Waals surface area contributed by atoms with Crippen LogP contribution >= 0.6 is 0 Å². The highest BCUT2D eigenvalue weighted by Gasteiger charge is 2.16. The van der Waals surface area contributed by atoms with E-state index in [1.807, 2.05) is 6.92 Å². The summed E-state index contributed by atoms with van der Waals surface area (Å²) in [5, 5.41) is 23.6. The monoisotopic (exact) mass is 314 g/mol. The summed E-state index contributed by atoms with van der Waals surface area (Å²) in [5.41, 5.74) is 3.10. The molecule has 0 heterocycles. The van der Waals surface area contributed by atoms with E-state index in [1.165, 1.54) is 6.21 Å². The van der Waals surface area contributed by atoms with E-state index in [-0.39, 0.29) is 5.75 Å².